The average molecular weight is 348 g/mol. The van der Waals surface area contributed by atoms with Crippen molar-refractivity contribution in [3.05, 3.63) is 12.7 Å². The van der Waals surface area contributed by atoms with Gasteiger partial charge in [-0.15, -0.1) is 4.52 Å². The van der Waals surface area contributed by atoms with Gasteiger partial charge < -0.3 is 5.11 Å². The minimum Gasteiger partial charge on any atom is -0.349 e. The lowest BCUT2D eigenvalue weighted by Gasteiger charge is -2.17. The summed E-state index contributed by atoms with van der Waals surface area (Å²) in [6.07, 6.45) is 9.79. The van der Waals surface area contributed by atoms with E-state index in [2.05, 4.69) is 6.58 Å². The second-order valence-electron chi connectivity index (χ2n) is 5.41. The van der Waals surface area contributed by atoms with Crippen molar-refractivity contribution in [1.82, 2.24) is 5.06 Å². The first-order chi connectivity index (χ1) is 11.0. The van der Waals surface area contributed by atoms with Crippen molar-refractivity contribution in [3.63, 3.8) is 0 Å². The first-order valence-electron chi connectivity index (χ1n) is 8.28. The third-order valence-electron chi connectivity index (χ3n) is 3.42. The normalized spacial score (nSPS) is 12.7. The van der Waals surface area contributed by atoms with Gasteiger partial charge in [0.15, 0.2) is 0 Å². The molecule has 0 rings (SSSR count). The summed E-state index contributed by atoms with van der Waals surface area (Å²) >= 11 is 0. The summed E-state index contributed by atoms with van der Waals surface area (Å²) in [5.41, 5.74) is 0. The number of aliphatic hydroxyl groups excluding tert-OH is 1. The zero-order valence-electron chi connectivity index (χ0n) is 14.4. The van der Waals surface area contributed by atoms with Crippen molar-refractivity contribution in [2.75, 3.05) is 20.3 Å². The predicted octanol–water partition coefficient (Wildman–Crippen LogP) is 3.78. The molecule has 2 atom stereocenters. The molecule has 23 heavy (non-hydrogen) atoms. The molecule has 0 aliphatic heterocycles. The maximum absolute atomic E-state index is 11.4. The molecular weight excluding hydrogens is 317 g/mol. The largest absolute Gasteiger partial charge is 0.539 e. The molecule has 0 aromatic heterocycles. The van der Waals surface area contributed by atoms with Gasteiger partial charge >= 0.3 is 8.03 Å². The number of hydroxylamine groups is 2. The Morgan fingerprint density at radius 1 is 1.17 bits per heavy atom. The molecule has 0 radical (unpaired) electrons. The number of carbonyl (C=O) groups excluding carboxylic acids is 1. The Hall–Kier alpha value is -0.810. The van der Waals surface area contributed by atoms with Crippen LogP contribution in [-0.2, 0) is 18.7 Å². The molecule has 0 aliphatic rings. The molecule has 0 fully saturated rings. The van der Waals surface area contributed by atoms with Crippen LogP contribution in [0.5, 0.6) is 0 Å². The van der Waals surface area contributed by atoms with E-state index in [0.29, 0.717) is 13.2 Å². The van der Waals surface area contributed by atoms with Crippen molar-refractivity contribution in [1.29, 1.82) is 0 Å². The molecule has 6 nitrogen and oxygen atoms in total. The predicted molar refractivity (Wildman–Crippen MR) is 91.1 cm³/mol. The van der Waals surface area contributed by atoms with Crippen LogP contribution in [0.25, 0.3) is 0 Å². The Balaban J connectivity index is 3.35. The molecular formula is C16H31NO5P+. The van der Waals surface area contributed by atoms with Gasteiger partial charge in [-0.2, -0.15) is 0 Å². The third kappa shape index (κ3) is 12.3. The standard InChI is InChI=1S/C16H31NO5P/c1-4-16(19)17(21-3)13-11-9-7-5-6-8-10-12-14-22-23(20)15(2)18/h4,15,18H,1,5-14H2,2-3H3/q+1. The molecule has 0 bridgehead atoms. The first kappa shape index (κ1) is 22.2. The van der Waals surface area contributed by atoms with Gasteiger partial charge in [0, 0.05) is 13.5 Å². The maximum Gasteiger partial charge on any atom is 0.539 e. The van der Waals surface area contributed by atoms with Crippen LogP contribution in [0.15, 0.2) is 12.7 Å². The molecule has 1 N–H and O–H groups in total. The van der Waals surface area contributed by atoms with E-state index in [-0.39, 0.29) is 5.91 Å². The Labute approximate surface area is 140 Å². The maximum atomic E-state index is 11.4. The van der Waals surface area contributed by atoms with Gasteiger partial charge in [-0.3, -0.25) is 9.63 Å². The lowest BCUT2D eigenvalue weighted by atomic mass is 10.1. The molecule has 0 saturated carbocycles. The van der Waals surface area contributed by atoms with Gasteiger partial charge in [-0.1, -0.05) is 45.1 Å². The van der Waals surface area contributed by atoms with Crippen LogP contribution in [0.4, 0.5) is 0 Å². The molecule has 0 aliphatic carbocycles. The number of nitrogens with zero attached hydrogens (tertiary/aromatic N) is 1. The van der Waals surface area contributed by atoms with E-state index in [1.54, 1.807) is 0 Å². The molecule has 0 spiro atoms. The van der Waals surface area contributed by atoms with E-state index in [9.17, 15) is 9.36 Å². The quantitative estimate of drug-likeness (QED) is 0.211. The van der Waals surface area contributed by atoms with Crippen molar-refractivity contribution >= 4 is 13.9 Å². The lowest BCUT2D eigenvalue weighted by molar-refractivity contribution is -0.170. The summed E-state index contributed by atoms with van der Waals surface area (Å²) in [6, 6.07) is 0. The van der Waals surface area contributed by atoms with Gasteiger partial charge in [0.1, 0.15) is 6.61 Å². The minimum atomic E-state index is -1.93. The number of amides is 1. The summed E-state index contributed by atoms with van der Waals surface area (Å²) in [6.45, 7) is 5.95. The number of hydrogen-bond acceptors (Lipinski definition) is 5. The number of carbonyl (C=O) groups is 1. The van der Waals surface area contributed by atoms with Gasteiger partial charge in [0.2, 0.25) is 0 Å². The summed E-state index contributed by atoms with van der Waals surface area (Å²) in [5, 5.41) is 10.3. The van der Waals surface area contributed by atoms with Gasteiger partial charge in [-0.05, 0) is 23.5 Å². The molecule has 7 heteroatoms. The van der Waals surface area contributed by atoms with Crippen molar-refractivity contribution < 1.29 is 23.8 Å². The highest BCUT2D eigenvalue weighted by molar-refractivity contribution is 7.39. The SMILES string of the molecule is C=CC(=O)N(CCCCCCCCCCO[P+](=O)C(C)O)OC. The molecule has 0 aromatic rings. The van der Waals surface area contributed by atoms with E-state index >= 15 is 0 Å². The van der Waals surface area contributed by atoms with Crippen LogP contribution in [0.1, 0.15) is 58.3 Å². The minimum absolute atomic E-state index is 0.202. The third-order valence-corrected chi connectivity index (χ3v) is 4.47. The highest BCUT2D eigenvalue weighted by Crippen LogP contribution is 2.27. The van der Waals surface area contributed by atoms with E-state index in [0.717, 1.165) is 38.5 Å². The Morgan fingerprint density at radius 2 is 1.70 bits per heavy atom. The fourth-order valence-electron chi connectivity index (χ4n) is 2.07. The van der Waals surface area contributed by atoms with Crippen LogP contribution in [-0.4, -0.2) is 42.2 Å². The van der Waals surface area contributed by atoms with E-state index < -0.39 is 13.9 Å². The molecule has 1 amide bonds. The Bertz CT molecular complexity index is 349. The molecule has 0 saturated heterocycles. The summed E-state index contributed by atoms with van der Waals surface area (Å²) in [5.74, 6) is -1.09. The molecule has 2 unspecified atom stereocenters. The smallest absolute Gasteiger partial charge is 0.349 e. The average Bonchev–Trinajstić information content (AvgIpc) is 2.54. The summed E-state index contributed by atoms with van der Waals surface area (Å²) in [7, 11) is -0.437. The topological polar surface area (TPSA) is 76.1 Å². The van der Waals surface area contributed by atoms with Crippen LogP contribution in [0.3, 0.4) is 0 Å². The first-order valence-corrected chi connectivity index (χ1v) is 9.53. The fraction of sp³-hybridized carbons (Fsp3) is 0.812. The van der Waals surface area contributed by atoms with Gasteiger partial charge in [0.25, 0.3) is 11.8 Å². The van der Waals surface area contributed by atoms with E-state index in [1.165, 1.54) is 38.0 Å². The van der Waals surface area contributed by atoms with Crippen LogP contribution >= 0.6 is 8.03 Å². The van der Waals surface area contributed by atoms with Crippen LogP contribution < -0.4 is 0 Å². The highest BCUT2D eigenvalue weighted by atomic mass is 31.1. The van der Waals surface area contributed by atoms with Gasteiger partial charge in [0.05, 0.1) is 7.11 Å². The molecule has 0 aromatic carbocycles. The Kier molecular flexibility index (Phi) is 14.2. The fourth-order valence-corrected chi connectivity index (χ4v) is 2.60. The summed E-state index contributed by atoms with van der Waals surface area (Å²) in [4.78, 5) is 16.3. The van der Waals surface area contributed by atoms with Crippen molar-refractivity contribution in [2.24, 2.45) is 0 Å². The molecule has 134 valence electrons. The number of hydrogen-bond donors (Lipinski definition) is 1. The molecule has 0 heterocycles. The zero-order chi connectivity index (χ0) is 17.5. The van der Waals surface area contributed by atoms with Crippen molar-refractivity contribution in [3.8, 4) is 0 Å². The second-order valence-corrected chi connectivity index (χ2v) is 6.98. The number of unbranched alkanes of at least 4 members (excludes halogenated alkanes) is 7. The highest BCUT2D eigenvalue weighted by Gasteiger charge is 2.24. The van der Waals surface area contributed by atoms with E-state index in [1.807, 2.05) is 0 Å². The Morgan fingerprint density at radius 3 is 2.17 bits per heavy atom. The summed E-state index contributed by atoms with van der Waals surface area (Å²) < 4.78 is 16.2. The van der Waals surface area contributed by atoms with Gasteiger partial charge in [-0.25, -0.2) is 5.06 Å². The van der Waals surface area contributed by atoms with Crippen LogP contribution in [0, 0.1) is 0 Å². The second kappa shape index (κ2) is 14.8. The number of aliphatic hydroxyl groups is 1. The van der Waals surface area contributed by atoms with Crippen LogP contribution in [0.2, 0.25) is 0 Å². The zero-order valence-corrected chi connectivity index (χ0v) is 15.3. The van der Waals surface area contributed by atoms with Crippen molar-refractivity contribution in [2.45, 2.75) is 64.1 Å². The lowest BCUT2D eigenvalue weighted by Crippen LogP contribution is -2.29. The van der Waals surface area contributed by atoms with E-state index in [4.69, 9.17) is 14.5 Å². The number of rotatable bonds is 15. The monoisotopic (exact) mass is 348 g/mol.